The van der Waals surface area contributed by atoms with Crippen LogP contribution in [0.3, 0.4) is 0 Å². The van der Waals surface area contributed by atoms with Gasteiger partial charge in [-0.1, -0.05) is 24.3 Å². The fraction of sp³-hybridized carbons (Fsp3) is 0.294. The van der Waals surface area contributed by atoms with E-state index in [2.05, 4.69) is 10.3 Å². The number of carbonyl (C=O) groups excluding carboxylic acids is 1. The summed E-state index contributed by atoms with van der Waals surface area (Å²) >= 11 is 0. The van der Waals surface area contributed by atoms with Crippen molar-refractivity contribution in [1.29, 1.82) is 0 Å². The highest BCUT2D eigenvalue weighted by Crippen LogP contribution is 2.47. The number of nitrogens with zero attached hydrogens (tertiary/aromatic N) is 1. The maximum atomic E-state index is 12.1. The minimum absolute atomic E-state index is 0.0364. The number of hydrogen-bond acceptors (Lipinski definition) is 3. The van der Waals surface area contributed by atoms with Crippen LogP contribution in [0.5, 0.6) is 0 Å². The largest absolute Gasteiger partial charge is 0.355 e. The van der Waals surface area contributed by atoms with Crippen LogP contribution in [-0.2, 0) is 15.6 Å². The van der Waals surface area contributed by atoms with Crippen molar-refractivity contribution in [2.45, 2.75) is 17.2 Å². The summed E-state index contributed by atoms with van der Waals surface area (Å²) in [5.41, 5.74) is 1.12. The summed E-state index contributed by atoms with van der Waals surface area (Å²) in [6.45, 7) is 0.441. The molecular formula is C17H18N2O2S. The summed E-state index contributed by atoms with van der Waals surface area (Å²) in [4.78, 5) is 17.0. The topological polar surface area (TPSA) is 59.1 Å². The van der Waals surface area contributed by atoms with Crippen LogP contribution in [0.25, 0.3) is 0 Å². The molecule has 1 aromatic carbocycles. The van der Waals surface area contributed by atoms with Crippen LogP contribution in [0.2, 0.25) is 0 Å². The number of pyridine rings is 1. The molecule has 0 saturated heterocycles. The Morgan fingerprint density at radius 2 is 2.05 bits per heavy atom. The molecule has 2 aromatic rings. The van der Waals surface area contributed by atoms with E-state index >= 15 is 0 Å². The Labute approximate surface area is 132 Å². The lowest BCUT2D eigenvalue weighted by Crippen LogP contribution is -2.29. The van der Waals surface area contributed by atoms with Gasteiger partial charge in [-0.05, 0) is 36.1 Å². The van der Waals surface area contributed by atoms with Crippen molar-refractivity contribution in [3.63, 3.8) is 0 Å². The summed E-state index contributed by atoms with van der Waals surface area (Å²) < 4.78 is 12.0. The predicted molar refractivity (Wildman–Crippen MR) is 85.8 cm³/mol. The molecule has 114 valence electrons. The Hall–Kier alpha value is -2.01. The molecule has 1 aromatic heterocycles. The first-order valence-corrected chi connectivity index (χ1v) is 8.68. The highest BCUT2D eigenvalue weighted by molar-refractivity contribution is 7.85. The molecular weight excluding hydrogens is 296 g/mol. The second-order valence-corrected chi connectivity index (χ2v) is 6.96. The van der Waals surface area contributed by atoms with Crippen molar-refractivity contribution in [1.82, 2.24) is 10.3 Å². The lowest BCUT2D eigenvalue weighted by Gasteiger charge is -2.05. The number of hydrogen-bond donors (Lipinski definition) is 1. The molecule has 0 bridgehead atoms. The zero-order chi connectivity index (χ0) is 15.4. The molecule has 1 fully saturated rings. The van der Waals surface area contributed by atoms with Crippen LogP contribution in [0.4, 0.5) is 0 Å². The van der Waals surface area contributed by atoms with Crippen molar-refractivity contribution in [3.05, 3.63) is 60.4 Å². The average molecular weight is 314 g/mol. The van der Waals surface area contributed by atoms with Gasteiger partial charge in [0.2, 0.25) is 5.91 Å². The van der Waals surface area contributed by atoms with Gasteiger partial charge in [0.1, 0.15) is 0 Å². The van der Waals surface area contributed by atoms with E-state index in [9.17, 15) is 9.00 Å². The molecule has 5 heteroatoms. The lowest BCUT2D eigenvalue weighted by molar-refractivity contribution is -0.122. The predicted octanol–water partition coefficient (Wildman–Crippen LogP) is 2.11. The molecule has 1 N–H and O–H groups in total. The van der Waals surface area contributed by atoms with Crippen molar-refractivity contribution in [2.24, 2.45) is 5.92 Å². The Morgan fingerprint density at radius 3 is 2.77 bits per heavy atom. The van der Waals surface area contributed by atoms with Gasteiger partial charge < -0.3 is 5.32 Å². The summed E-state index contributed by atoms with van der Waals surface area (Å²) in [6.07, 6.45) is 4.43. The third-order valence-corrected chi connectivity index (χ3v) is 5.21. The highest BCUT2D eigenvalue weighted by atomic mass is 32.2. The summed E-state index contributed by atoms with van der Waals surface area (Å²) in [7, 11) is -1.06. The third kappa shape index (κ3) is 3.60. The van der Waals surface area contributed by atoms with Crippen molar-refractivity contribution in [2.75, 3.05) is 12.3 Å². The van der Waals surface area contributed by atoms with Gasteiger partial charge in [-0.2, -0.15) is 0 Å². The van der Waals surface area contributed by atoms with Gasteiger partial charge in [-0.15, -0.1) is 0 Å². The van der Waals surface area contributed by atoms with E-state index in [0.29, 0.717) is 12.3 Å². The minimum atomic E-state index is -1.06. The maximum absolute atomic E-state index is 12.1. The maximum Gasteiger partial charge on any atom is 0.223 e. The van der Waals surface area contributed by atoms with Gasteiger partial charge in [-0.25, -0.2) is 0 Å². The molecule has 1 amide bonds. The molecule has 1 saturated carbocycles. The van der Waals surface area contributed by atoms with Crippen LogP contribution >= 0.6 is 0 Å². The summed E-state index contributed by atoms with van der Waals surface area (Å²) in [6, 6.07) is 13.2. The van der Waals surface area contributed by atoms with E-state index in [-0.39, 0.29) is 17.7 Å². The van der Waals surface area contributed by atoms with Crippen molar-refractivity contribution in [3.8, 4) is 0 Å². The monoisotopic (exact) mass is 314 g/mol. The number of rotatable bonds is 6. The zero-order valence-corrected chi connectivity index (χ0v) is 13.0. The van der Waals surface area contributed by atoms with Crippen molar-refractivity contribution >= 4 is 16.7 Å². The minimum Gasteiger partial charge on any atom is -0.355 e. The second-order valence-electron chi connectivity index (χ2n) is 5.39. The molecule has 4 nitrogen and oxygen atoms in total. The Bertz CT molecular complexity index is 661. The second kappa shape index (κ2) is 6.83. The van der Waals surface area contributed by atoms with E-state index in [4.69, 9.17) is 0 Å². The first kappa shape index (κ1) is 14.9. The van der Waals surface area contributed by atoms with Crippen LogP contribution in [0.15, 0.2) is 59.8 Å². The SMILES string of the molecule is O=C(NCC[S@@](=O)c1ccccc1)[C@@H]1C[C@H]1c1cccnc1. The van der Waals surface area contributed by atoms with Gasteiger partial charge in [0.15, 0.2) is 0 Å². The van der Waals surface area contributed by atoms with Gasteiger partial charge in [0.05, 0.1) is 10.8 Å². The molecule has 3 rings (SSSR count). The van der Waals surface area contributed by atoms with Gasteiger partial charge in [0, 0.05) is 35.5 Å². The van der Waals surface area contributed by atoms with Gasteiger partial charge in [-0.3, -0.25) is 14.0 Å². The molecule has 22 heavy (non-hydrogen) atoms. The van der Waals surface area contributed by atoms with E-state index in [1.165, 1.54) is 0 Å². The molecule has 0 aliphatic heterocycles. The number of carbonyl (C=O) groups is 1. The Balaban J connectivity index is 1.43. The van der Waals surface area contributed by atoms with Crippen LogP contribution in [0, 0.1) is 5.92 Å². The fourth-order valence-electron chi connectivity index (χ4n) is 2.54. The van der Waals surface area contributed by atoms with E-state index < -0.39 is 10.8 Å². The standard InChI is InChI=1S/C17H18N2O2S/c20-17(16-11-15(16)13-5-4-8-18-12-13)19-9-10-22(21)14-6-2-1-3-7-14/h1-8,12,15-16H,9-11H2,(H,19,20)/t15-,16+,22+/m0/s1. The third-order valence-electron chi connectivity index (χ3n) is 3.83. The first-order valence-electron chi connectivity index (χ1n) is 7.37. The highest BCUT2D eigenvalue weighted by Gasteiger charge is 2.43. The quantitative estimate of drug-likeness (QED) is 0.888. The number of amides is 1. The first-order chi connectivity index (χ1) is 10.8. The molecule has 0 radical (unpaired) electrons. The molecule has 1 heterocycles. The molecule has 3 atom stereocenters. The fourth-order valence-corrected chi connectivity index (χ4v) is 3.52. The number of benzene rings is 1. The van der Waals surface area contributed by atoms with Gasteiger partial charge in [0.25, 0.3) is 0 Å². The lowest BCUT2D eigenvalue weighted by atomic mass is 10.1. The number of aromatic nitrogens is 1. The Morgan fingerprint density at radius 1 is 1.23 bits per heavy atom. The van der Waals surface area contributed by atoms with Crippen LogP contribution < -0.4 is 5.32 Å². The van der Waals surface area contributed by atoms with E-state index in [1.807, 2.05) is 48.7 Å². The van der Waals surface area contributed by atoms with Crippen LogP contribution in [-0.4, -0.2) is 27.4 Å². The molecule has 0 spiro atoms. The number of nitrogens with one attached hydrogen (secondary N) is 1. The normalized spacial score (nSPS) is 21.1. The summed E-state index contributed by atoms with van der Waals surface area (Å²) in [5, 5.41) is 2.89. The molecule has 1 aliphatic rings. The van der Waals surface area contributed by atoms with Crippen LogP contribution in [0.1, 0.15) is 17.9 Å². The summed E-state index contributed by atoms with van der Waals surface area (Å²) in [5.74, 6) is 0.821. The van der Waals surface area contributed by atoms with E-state index in [1.54, 1.807) is 6.20 Å². The Kier molecular flexibility index (Phi) is 4.63. The molecule has 1 aliphatic carbocycles. The smallest absolute Gasteiger partial charge is 0.223 e. The van der Waals surface area contributed by atoms with Gasteiger partial charge >= 0.3 is 0 Å². The average Bonchev–Trinajstić information content (AvgIpc) is 3.37. The van der Waals surface area contributed by atoms with Crippen molar-refractivity contribution < 1.29 is 9.00 Å². The molecule has 0 unspecified atom stereocenters. The zero-order valence-electron chi connectivity index (χ0n) is 12.1. The van der Waals surface area contributed by atoms with E-state index in [0.717, 1.165) is 16.9 Å².